The zero-order chi connectivity index (χ0) is 13.5. The fourth-order valence-electron chi connectivity index (χ4n) is 2.38. The number of aliphatic hydroxyl groups excluding tert-OH is 1. The molecule has 2 heterocycles. The summed E-state index contributed by atoms with van der Waals surface area (Å²) in [7, 11) is 0. The lowest BCUT2D eigenvalue weighted by atomic mass is 10.1. The van der Waals surface area contributed by atoms with Gasteiger partial charge in [0, 0.05) is 38.6 Å². The number of anilines is 1. The van der Waals surface area contributed by atoms with Gasteiger partial charge in [0.15, 0.2) is 0 Å². The van der Waals surface area contributed by atoms with Crippen molar-refractivity contribution in [3.63, 3.8) is 0 Å². The second-order valence-corrected chi connectivity index (χ2v) is 5.08. The lowest BCUT2D eigenvalue weighted by Gasteiger charge is -2.34. The quantitative estimate of drug-likeness (QED) is 0.835. The SMILES string of the molecule is CCC(O)CCCN1CCN(c2ncccn2)CC1. The zero-order valence-corrected chi connectivity index (χ0v) is 11.7. The number of hydrogen-bond acceptors (Lipinski definition) is 5. The molecule has 0 spiro atoms. The van der Waals surface area contributed by atoms with Gasteiger partial charge in [0.1, 0.15) is 0 Å². The van der Waals surface area contributed by atoms with Crippen LogP contribution in [-0.2, 0) is 0 Å². The van der Waals surface area contributed by atoms with Crippen LogP contribution in [0.1, 0.15) is 26.2 Å². The first-order valence-corrected chi connectivity index (χ1v) is 7.22. The topological polar surface area (TPSA) is 52.5 Å². The van der Waals surface area contributed by atoms with E-state index >= 15 is 0 Å². The van der Waals surface area contributed by atoms with E-state index in [0.29, 0.717) is 0 Å². The van der Waals surface area contributed by atoms with Gasteiger partial charge in [0.2, 0.25) is 5.95 Å². The Balaban J connectivity index is 1.68. The summed E-state index contributed by atoms with van der Waals surface area (Å²) in [5, 5.41) is 9.53. The molecular weight excluding hydrogens is 240 g/mol. The molecular formula is C14H24N4O. The van der Waals surface area contributed by atoms with Crippen LogP contribution in [0.5, 0.6) is 0 Å². The molecule has 0 aromatic carbocycles. The van der Waals surface area contributed by atoms with Gasteiger partial charge in [-0.15, -0.1) is 0 Å². The third-order valence-electron chi connectivity index (χ3n) is 3.69. The molecule has 0 bridgehead atoms. The molecule has 2 rings (SSSR count). The van der Waals surface area contributed by atoms with Crippen molar-refractivity contribution in [2.45, 2.75) is 32.3 Å². The van der Waals surface area contributed by atoms with E-state index in [1.807, 2.05) is 13.0 Å². The molecule has 1 unspecified atom stereocenters. The average Bonchev–Trinajstić information content (AvgIpc) is 2.48. The van der Waals surface area contributed by atoms with Crippen LogP contribution in [0.2, 0.25) is 0 Å². The van der Waals surface area contributed by atoms with Crippen molar-refractivity contribution < 1.29 is 5.11 Å². The van der Waals surface area contributed by atoms with Gasteiger partial charge in [-0.25, -0.2) is 9.97 Å². The second kappa shape index (κ2) is 7.40. The molecule has 1 aromatic rings. The molecule has 1 N–H and O–H groups in total. The van der Waals surface area contributed by atoms with E-state index in [1.165, 1.54) is 0 Å². The Hall–Kier alpha value is -1.20. The molecule has 5 nitrogen and oxygen atoms in total. The molecule has 106 valence electrons. The van der Waals surface area contributed by atoms with Crippen molar-refractivity contribution >= 4 is 5.95 Å². The molecule has 0 radical (unpaired) electrons. The zero-order valence-electron chi connectivity index (χ0n) is 11.7. The minimum atomic E-state index is -0.126. The standard InChI is InChI=1S/C14H24N4O/c1-2-13(19)5-3-8-17-9-11-18(12-10-17)14-15-6-4-7-16-14/h4,6-7,13,19H,2-3,5,8-12H2,1H3. The van der Waals surface area contributed by atoms with Gasteiger partial charge in [0.05, 0.1) is 6.10 Å². The van der Waals surface area contributed by atoms with E-state index in [4.69, 9.17) is 0 Å². The van der Waals surface area contributed by atoms with Crippen LogP contribution in [0.15, 0.2) is 18.5 Å². The molecule has 0 amide bonds. The van der Waals surface area contributed by atoms with Crippen LogP contribution in [0.4, 0.5) is 5.95 Å². The van der Waals surface area contributed by atoms with E-state index < -0.39 is 0 Å². The molecule has 1 aromatic heterocycles. The minimum Gasteiger partial charge on any atom is -0.393 e. The second-order valence-electron chi connectivity index (χ2n) is 5.08. The molecule has 1 aliphatic rings. The molecule has 1 aliphatic heterocycles. The summed E-state index contributed by atoms with van der Waals surface area (Å²) < 4.78 is 0. The van der Waals surface area contributed by atoms with Gasteiger partial charge in [0.25, 0.3) is 0 Å². The van der Waals surface area contributed by atoms with Gasteiger partial charge in [-0.2, -0.15) is 0 Å². The van der Waals surface area contributed by atoms with Crippen molar-refractivity contribution in [1.29, 1.82) is 0 Å². The van der Waals surface area contributed by atoms with Crippen LogP contribution in [0, 0.1) is 0 Å². The van der Waals surface area contributed by atoms with Crippen molar-refractivity contribution in [3.05, 3.63) is 18.5 Å². The van der Waals surface area contributed by atoms with Crippen molar-refractivity contribution in [2.75, 3.05) is 37.6 Å². The van der Waals surface area contributed by atoms with E-state index in [0.717, 1.165) is 57.9 Å². The summed E-state index contributed by atoms with van der Waals surface area (Å²) in [6.45, 7) is 7.20. The summed E-state index contributed by atoms with van der Waals surface area (Å²) in [5.41, 5.74) is 0. The number of hydrogen-bond donors (Lipinski definition) is 1. The van der Waals surface area contributed by atoms with Crippen LogP contribution in [0.3, 0.4) is 0 Å². The maximum atomic E-state index is 9.53. The third kappa shape index (κ3) is 4.44. The number of nitrogens with zero attached hydrogens (tertiary/aromatic N) is 4. The lowest BCUT2D eigenvalue weighted by molar-refractivity contribution is 0.148. The Morgan fingerprint density at radius 3 is 2.53 bits per heavy atom. The number of piperazine rings is 1. The van der Waals surface area contributed by atoms with Crippen molar-refractivity contribution in [1.82, 2.24) is 14.9 Å². The van der Waals surface area contributed by atoms with Crippen molar-refractivity contribution in [2.24, 2.45) is 0 Å². The Labute approximate surface area is 115 Å². The van der Waals surface area contributed by atoms with Gasteiger partial charge in [-0.3, -0.25) is 4.90 Å². The summed E-state index contributed by atoms with van der Waals surface area (Å²) in [5.74, 6) is 0.837. The summed E-state index contributed by atoms with van der Waals surface area (Å²) >= 11 is 0. The molecule has 19 heavy (non-hydrogen) atoms. The maximum Gasteiger partial charge on any atom is 0.225 e. The first kappa shape index (κ1) is 14.2. The fourth-order valence-corrected chi connectivity index (χ4v) is 2.38. The number of aliphatic hydroxyl groups is 1. The van der Waals surface area contributed by atoms with Gasteiger partial charge >= 0.3 is 0 Å². The van der Waals surface area contributed by atoms with Gasteiger partial charge < -0.3 is 10.0 Å². The lowest BCUT2D eigenvalue weighted by Crippen LogP contribution is -2.47. The molecule has 1 atom stereocenters. The van der Waals surface area contributed by atoms with E-state index in [9.17, 15) is 5.11 Å². The minimum absolute atomic E-state index is 0.126. The predicted octanol–water partition coefficient (Wildman–Crippen LogP) is 1.15. The summed E-state index contributed by atoms with van der Waals surface area (Å²) in [6.07, 6.45) is 6.31. The number of aromatic nitrogens is 2. The van der Waals surface area contributed by atoms with Crippen LogP contribution in [0.25, 0.3) is 0 Å². The van der Waals surface area contributed by atoms with Crippen LogP contribution >= 0.6 is 0 Å². The normalized spacial score (nSPS) is 18.5. The molecule has 0 saturated carbocycles. The Bertz CT molecular complexity index is 352. The van der Waals surface area contributed by atoms with Crippen LogP contribution < -0.4 is 4.90 Å². The fraction of sp³-hybridized carbons (Fsp3) is 0.714. The number of rotatable bonds is 6. The van der Waals surface area contributed by atoms with Crippen LogP contribution in [-0.4, -0.2) is 58.8 Å². The predicted molar refractivity (Wildman–Crippen MR) is 76.2 cm³/mol. The van der Waals surface area contributed by atoms with Gasteiger partial charge in [-0.05, 0) is 31.9 Å². The Morgan fingerprint density at radius 1 is 1.21 bits per heavy atom. The maximum absolute atomic E-state index is 9.53. The molecule has 1 fully saturated rings. The average molecular weight is 264 g/mol. The first-order chi connectivity index (χ1) is 9.29. The highest BCUT2D eigenvalue weighted by molar-refractivity contribution is 5.29. The third-order valence-corrected chi connectivity index (χ3v) is 3.69. The largest absolute Gasteiger partial charge is 0.393 e. The molecule has 1 saturated heterocycles. The molecule has 0 aliphatic carbocycles. The highest BCUT2D eigenvalue weighted by Crippen LogP contribution is 2.10. The van der Waals surface area contributed by atoms with Crippen molar-refractivity contribution in [3.8, 4) is 0 Å². The molecule has 5 heteroatoms. The Morgan fingerprint density at radius 2 is 1.89 bits per heavy atom. The van der Waals surface area contributed by atoms with E-state index in [2.05, 4.69) is 19.8 Å². The van der Waals surface area contributed by atoms with E-state index in [-0.39, 0.29) is 6.10 Å². The van der Waals surface area contributed by atoms with E-state index in [1.54, 1.807) is 12.4 Å². The van der Waals surface area contributed by atoms with Gasteiger partial charge in [-0.1, -0.05) is 6.92 Å². The smallest absolute Gasteiger partial charge is 0.225 e. The monoisotopic (exact) mass is 264 g/mol. The highest BCUT2D eigenvalue weighted by atomic mass is 16.3. The highest BCUT2D eigenvalue weighted by Gasteiger charge is 2.18. The first-order valence-electron chi connectivity index (χ1n) is 7.22. The Kier molecular flexibility index (Phi) is 5.54. The summed E-state index contributed by atoms with van der Waals surface area (Å²) in [4.78, 5) is 13.3. The summed E-state index contributed by atoms with van der Waals surface area (Å²) in [6, 6.07) is 1.85.